The van der Waals surface area contributed by atoms with E-state index in [1.807, 2.05) is 20.8 Å². The van der Waals surface area contributed by atoms with E-state index >= 15 is 0 Å². The van der Waals surface area contributed by atoms with Gasteiger partial charge in [-0.1, -0.05) is 27.7 Å². The molecule has 0 aromatic heterocycles. The maximum atomic E-state index is 11.3. The number of phenols is 1. The molecular weight excluding hydrogens is 214 g/mol. The van der Waals surface area contributed by atoms with Gasteiger partial charge in [-0.3, -0.25) is 4.79 Å². The molecule has 0 heterocycles. The molecule has 17 heavy (non-hydrogen) atoms. The third-order valence-electron chi connectivity index (χ3n) is 3.47. The van der Waals surface area contributed by atoms with Crippen LogP contribution in [0, 0.1) is 0 Å². The Morgan fingerprint density at radius 3 is 2.35 bits per heavy atom. The van der Waals surface area contributed by atoms with Gasteiger partial charge in [0.25, 0.3) is 0 Å². The van der Waals surface area contributed by atoms with Crippen LogP contribution in [0.15, 0.2) is 12.1 Å². The van der Waals surface area contributed by atoms with Gasteiger partial charge < -0.3 is 10.8 Å². The van der Waals surface area contributed by atoms with E-state index in [2.05, 4.69) is 6.92 Å². The molecule has 0 radical (unpaired) electrons. The molecule has 1 aromatic rings. The molecule has 0 saturated carbocycles. The molecule has 0 aliphatic rings. The summed E-state index contributed by atoms with van der Waals surface area (Å²) in [5.41, 5.74) is 7.20. The molecular formula is C14H21NO2. The highest BCUT2D eigenvalue weighted by atomic mass is 16.3. The van der Waals surface area contributed by atoms with Crippen molar-refractivity contribution in [2.75, 3.05) is 0 Å². The fourth-order valence-electron chi connectivity index (χ4n) is 1.81. The molecule has 1 rings (SSSR count). The number of aromatic hydroxyl groups is 1. The number of nitrogens with two attached hydrogens (primary N) is 1. The van der Waals surface area contributed by atoms with Crippen molar-refractivity contribution in [3.8, 4) is 5.75 Å². The highest BCUT2D eigenvalue weighted by Crippen LogP contribution is 2.36. The van der Waals surface area contributed by atoms with Crippen LogP contribution in [-0.4, -0.2) is 11.0 Å². The van der Waals surface area contributed by atoms with Crippen LogP contribution in [0.3, 0.4) is 0 Å². The number of hydrogen-bond donors (Lipinski definition) is 2. The summed E-state index contributed by atoms with van der Waals surface area (Å²) in [7, 11) is 0. The van der Waals surface area contributed by atoms with Crippen molar-refractivity contribution in [2.24, 2.45) is 5.73 Å². The van der Waals surface area contributed by atoms with Crippen molar-refractivity contribution in [3.05, 3.63) is 28.8 Å². The van der Waals surface area contributed by atoms with Crippen molar-refractivity contribution in [1.82, 2.24) is 0 Å². The molecule has 94 valence electrons. The Labute approximate surface area is 103 Å². The monoisotopic (exact) mass is 235 g/mol. The summed E-state index contributed by atoms with van der Waals surface area (Å²) in [6.45, 7) is 8.10. The Kier molecular flexibility index (Phi) is 3.81. The molecule has 0 fully saturated rings. The Morgan fingerprint density at radius 2 is 1.94 bits per heavy atom. The van der Waals surface area contributed by atoms with E-state index in [1.54, 1.807) is 12.1 Å². The number of carbonyl (C=O) groups is 1. The number of amides is 1. The van der Waals surface area contributed by atoms with Crippen molar-refractivity contribution in [1.29, 1.82) is 0 Å². The lowest BCUT2D eigenvalue weighted by Crippen LogP contribution is -2.19. The molecule has 0 unspecified atom stereocenters. The topological polar surface area (TPSA) is 63.3 Å². The average molecular weight is 235 g/mol. The van der Waals surface area contributed by atoms with Crippen molar-refractivity contribution in [3.63, 3.8) is 0 Å². The summed E-state index contributed by atoms with van der Waals surface area (Å²) < 4.78 is 0. The van der Waals surface area contributed by atoms with Crippen LogP contribution < -0.4 is 5.73 Å². The van der Waals surface area contributed by atoms with Gasteiger partial charge >= 0.3 is 0 Å². The van der Waals surface area contributed by atoms with E-state index in [1.165, 1.54) is 0 Å². The zero-order valence-electron chi connectivity index (χ0n) is 11.0. The third kappa shape index (κ3) is 2.60. The predicted octanol–water partition coefficient (Wildman–Crippen LogP) is 2.74. The van der Waals surface area contributed by atoms with E-state index in [4.69, 9.17) is 5.73 Å². The molecule has 0 aliphatic carbocycles. The van der Waals surface area contributed by atoms with E-state index < -0.39 is 5.91 Å². The molecule has 0 bridgehead atoms. The summed E-state index contributed by atoms with van der Waals surface area (Å²) in [5.74, 6) is -0.155. The zero-order valence-corrected chi connectivity index (χ0v) is 11.0. The first-order chi connectivity index (χ1) is 7.83. The average Bonchev–Trinajstić information content (AvgIpc) is 2.28. The molecule has 3 heteroatoms. The second-order valence-corrected chi connectivity index (χ2v) is 4.99. The smallest absolute Gasteiger partial charge is 0.248 e. The van der Waals surface area contributed by atoms with Crippen LogP contribution in [0.4, 0.5) is 0 Å². The van der Waals surface area contributed by atoms with E-state index in [0.717, 1.165) is 17.5 Å². The van der Waals surface area contributed by atoms with Crippen LogP contribution in [0.5, 0.6) is 5.75 Å². The van der Waals surface area contributed by atoms with Gasteiger partial charge in [-0.15, -0.1) is 0 Å². The minimum absolute atomic E-state index is 0.167. The first-order valence-corrected chi connectivity index (χ1v) is 5.99. The normalized spacial score (nSPS) is 11.5. The molecule has 0 spiro atoms. The van der Waals surface area contributed by atoms with E-state index in [-0.39, 0.29) is 5.41 Å². The highest BCUT2D eigenvalue weighted by Gasteiger charge is 2.24. The number of phenolic OH excluding ortho intramolecular Hbond substituents is 1. The summed E-state index contributed by atoms with van der Waals surface area (Å²) in [6.07, 6.45) is 1.56. The zero-order chi connectivity index (χ0) is 13.2. The number of benzene rings is 1. The van der Waals surface area contributed by atoms with Crippen LogP contribution in [0.2, 0.25) is 0 Å². The van der Waals surface area contributed by atoms with Gasteiger partial charge in [-0.25, -0.2) is 0 Å². The minimum atomic E-state index is -0.451. The van der Waals surface area contributed by atoms with Crippen LogP contribution >= 0.6 is 0 Å². The third-order valence-corrected chi connectivity index (χ3v) is 3.47. The largest absolute Gasteiger partial charge is 0.507 e. The van der Waals surface area contributed by atoms with Gasteiger partial charge in [-0.05, 0) is 36.0 Å². The maximum absolute atomic E-state index is 11.3. The van der Waals surface area contributed by atoms with Crippen molar-refractivity contribution >= 4 is 5.91 Å². The molecule has 1 amide bonds. The lowest BCUT2D eigenvalue weighted by molar-refractivity contribution is 0.1000. The van der Waals surface area contributed by atoms with Crippen LogP contribution in [-0.2, 0) is 11.8 Å². The lowest BCUT2D eigenvalue weighted by Gasteiger charge is -2.26. The van der Waals surface area contributed by atoms with Gasteiger partial charge in [0.15, 0.2) is 0 Å². The van der Waals surface area contributed by atoms with Gasteiger partial charge in [0.2, 0.25) is 5.91 Å². The van der Waals surface area contributed by atoms with Gasteiger partial charge in [0.05, 0.1) is 0 Å². The van der Waals surface area contributed by atoms with E-state index in [0.29, 0.717) is 17.7 Å². The second-order valence-electron chi connectivity index (χ2n) is 4.99. The molecule has 3 N–H and O–H groups in total. The molecule has 0 aliphatic heterocycles. The molecule has 0 atom stereocenters. The second kappa shape index (κ2) is 4.78. The number of hydrogen-bond acceptors (Lipinski definition) is 2. The number of primary amides is 1. The Balaban J connectivity index is 3.48. The van der Waals surface area contributed by atoms with Gasteiger partial charge in [-0.2, -0.15) is 0 Å². The summed E-state index contributed by atoms with van der Waals surface area (Å²) >= 11 is 0. The number of aryl methyl sites for hydroxylation is 1. The standard InChI is InChI=1S/C14H21NO2/c1-5-9-7-10(13(15)17)8-11(12(9)16)14(3,4)6-2/h7-8,16H,5-6H2,1-4H3,(H2,15,17). The number of carbonyl (C=O) groups excluding carboxylic acids is 1. The number of rotatable bonds is 4. The first kappa shape index (κ1) is 13.6. The van der Waals surface area contributed by atoms with Gasteiger partial charge in [0.1, 0.15) is 5.75 Å². The Bertz CT molecular complexity index is 436. The highest BCUT2D eigenvalue weighted by molar-refractivity contribution is 5.93. The fourth-order valence-corrected chi connectivity index (χ4v) is 1.81. The minimum Gasteiger partial charge on any atom is -0.507 e. The lowest BCUT2D eigenvalue weighted by atomic mass is 9.79. The van der Waals surface area contributed by atoms with Crippen molar-refractivity contribution in [2.45, 2.75) is 46.0 Å². The summed E-state index contributed by atoms with van der Waals surface area (Å²) in [5, 5.41) is 10.2. The van der Waals surface area contributed by atoms with E-state index in [9.17, 15) is 9.90 Å². The summed E-state index contributed by atoms with van der Waals surface area (Å²) in [4.78, 5) is 11.3. The Morgan fingerprint density at radius 1 is 1.35 bits per heavy atom. The molecule has 0 saturated heterocycles. The first-order valence-electron chi connectivity index (χ1n) is 5.99. The maximum Gasteiger partial charge on any atom is 0.248 e. The van der Waals surface area contributed by atoms with Gasteiger partial charge in [0, 0.05) is 11.1 Å². The SMILES string of the molecule is CCc1cc(C(N)=O)cc(C(C)(C)CC)c1O. The Hall–Kier alpha value is -1.51. The van der Waals surface area contributed by atoms with Crippen LogP contribution in [0.25, 0.3) is 0 Å². The fraction of sp³-hybridized carbons (Fsp3) is 0.500. The predicted molar refractivity (Wildman–Crippen MR) is 69.3 cm³/mol. The summed E-state index contributed by atoms with van der Waals surface area (Å²) in [6, 6.07) is 3.38. The van der Waals surface area contributed by atoms with Crippen molar-refractivity contribution < 1.29 is 9.90 Å². The molecule has 1 aromatic carbocycles. The van der Waals surface area contributed by atoms with Crippen LogP contribution in [0.1, 0.15) is 55.6 Å². The quantitative estimate of drug-likeness (QED) is 0.842. The molecule has 3 nitrogen and oxygen atoms in total.